The van der Waals surface area contributed by atoms with Gasteiger partial charge in [-0.15, -0.1) is 11.3 Å². The van der Waals surface area contributed by atoms with Gasteiger partial charge in [0, 0.05) is 6.26 Å². The Balaban J connectivity index is 0.00000162. The molecular formula is C8H6LiNO5S3. The van der Waals surface area contributed by atoms with Gasteiger partial charge in [-0.25, -0.2) is 21.8 Å². The number of aromatic nitrogens is 1. The molecule has 10 heteroatoms. The van der Waals surface area contributed by atoms with Crippen LogP contribution in [0.5, 0.6) is 0 Å². The van der Waals surface area contributed by atoms with Crippen LogP contribution in [0.4, 0.5) is 0 Å². The molecule has 92 valence electrons. The summed E-state index contributed by atoms with van der Waals surface area (Å²) in [6.45, 7) is 0. The van der Waals surface area contributed by atoms with Gasteiger partial charge in [-0.3, -0.25) is 0 Å². The Morgan fingerprint density at radius 1 is 1.22 bits per heavy atom. The standard InChI is InChI=1S/C8H7NO5S3.Li/c1-16(10,11)8-9-6-3-2-5(17(12,13)14)4-7(6)15-8;/h2-4H,1H3,(H,12,13,14);/q;+1/p-1. The fourth-order valence-corrected chi connectivity index (χ4v) is 3.64. The van der Waals surface area contributed by atoms with Gasteiger partial charge in [0.2, 0.25) is 14.2 Å². The number of sulfone groups is 1. The monoisotopic (exact) mass is 299 g/mol. The van der Waals surface area contributed by atoms with Gasteiger partial charge in [-0.05, 0) is 18.2 Å². The molecule has 0 saturated carbocycles. The Bertz CT molecular complexity index is 763. The van der Waals surface area contributed by atoms with E-state index in [9.17, 15) is 21.4 Å². The predicted molar refractivity (Wildman–Crippen MR) is 60.7 cm³/mol. The van der Waals surface area contributed by atoms with E-state index < -0.39 is 24.9 Å². The molecule has 0 bridgehead atoms. The first kappa shape index (κ1) is 15.6. The van der Waals surface area contributed by atoms with Crippen LogP contribution in [0.15, 0.2) is 27.4 Å². The number of nitrogens with zero attached hydrogens (tertiary/aromatic N) is 1. The van der Waals surface area contributed by atoms with E-state index in [2.05, 4.69) is 4.98 Å². The van der Waals surface area contributed by atoms with E-state index in [1.54, 1.807) is 0 Å². The van der Waals surface area contributed by atoms with Crippen molar-refractivity contribution in [2.75, 3.05) is 6.26 Å². The zero-order chi connectivity index (χ0) is 12.8. The summed E-state index contributed by atoms with van der Waals surface area (Å²) in [5, 5.41) is 0. The number of hydrogen-bond acceptors (Lipinski definition) is 7. The van der Waals surface area contributed by atoms with Gasteiger partial charge in [0.05, 0.1) is 15.1 Å². The van der Waals surface area contributed by atoms with Crippen LogP contribution in [0.2, 0.25) is 0 Å². The molecule has 0 atom stereocenters. The molecule has 0 fully saturated rings. The van der Waals surface area contributed by atoms with Gasteiger partial charge in [-0.2, -0.15) is 0 Å². The molecule has 0 radical (unpaired) electrons. The molecule has 6 nitrogen and oxygen atoms in total. The minimum absolute atomic E-state index is 0. The molecule has 1 aromatic heterocycles. The number of hydrogen-bond donors (Lipinski definition) is 0. The van der Waals surface area contributed by atoms with Crippen LogP contribution in [0.1, 0.15) is 0 Å². The summed E-state index contributed by atoms with van der Waals surface area (Å²) in [4.78, 5) is 3.45. The van der Waals surface area contributed by atoms with Gasteiger partial charge in [-0.1, -0.05) is 0 Å². The fourth-order valence-electron chi connectivity index (χ4n) is 1.20. The third-order valence-corrected chi connectivity index (χ3v) is 5.47. The maximum Gasteiger partial charge on any atom is 1.00 e. The molecule has 2 aromatic rings. The summed E-state index contributed by atoms with van der Waals surface area (Å²) >= 11 is 0.832. The van der Waals surface area contributed by atoms with E-state index in [4.69, 9.17) is 0 Å². The van der Waals surface area contributed by atoms with Crippen molar-refractivity contribution in [3.63, 3.8) is 0 Å². The van der Waals surface area contributed by atoms with E-state index in [-0.39, 0.29) is 23.2 Å². The molecule has 18 heavy (non-hydrogen) atoms. The second-order valence-corrected chi connectivity index (χ2v) is 7.94. The van der Waals surface area contributed by atoms with Crippen molar-refractivity contribution in [3.05, 3.63) is 18.2 Å². The summed E-state index contributed by atoms with van der Waals surface area (Å²) in [5.74, 6) is 0. The van der Waals surface area contributed by atoms with Crippen molar-refractivity contribution in [3.8, 4) is 0 Å². The molecule has 1 heterocycles. The smallest absolute Gasteiger partial charge is 0.744 e. The molecule has 0 spiro atoms. The second kappa shape index (κ2) is 4.92. The first-order chi connectivity index (χ1) is 7.68. The van der Waals surface area contributed by atoms with Gasteiger partial charge in [0.1, 0.15) is 10.1 Å². The summed E-state index contributed by atoms with van der Waals surface area (Å²) in [6, 6.07) is 3.55. The Kier molecular flexibility index (Phi) is 4.27. The van der Waals surface area contributed by atoms with Gasteiger partial charge >= 0.3 is 18.9 Å². The molecule has 0 aliphatic rings. The van der Waals surface area contributed by atoms with Crippen molar-refractivity contribution in [2.24, 2.45) is 0 Å². The Morgan fingerprint density at radius 2 is 1.83 bits per heavy atom. The van der Waals surface area contributed by atoms with E-state index in [1.807, 2.05) is 0 Å². The van der Waals surface area contributed by atoms with Crippen LogP contribution in [-0.4, -0.2) is 32.6 Å². The van der Waals surface area contributed by atoms with Crippen molar-refractivity contribution >= 4 is 41.5 Å². The SMILES string of the molecule is CS(=O)(=O)c1nc2ccc(S(=O)(=O)[O-])cc2s1.[Li+]. The average Bonchev–Trinajstić information content (AvgIpc) is 2.57. The first-order valence-electron chi connectivity index (χ1n) is 4.24. The predicted octanol–water partition coefficient (Wildman–Crippen LogP) is -2.39. The molecule has 0 unspecified atom stereocenters. The topological polar surface area (TPSA) is 104 Å². The molecular weight excluding hydrogens is 293 g/mol. The molecule has 2 rings (SSSR count). The summed E-state index contributed by atoms with van der Waals surface area (Å²) < 4.78 is 55.1. The van der Waals surface area contributed by atoms with Crippen molar-refractivity contribution in [2.45, 2.75) is 9.24 Å². The van der Waals surface area contributed by atoms with Gasteiger partial charge in [0.25, 0.3) is 0 Å². The largest absolute Gasteiger partial charge is 1.00 e. The normalized spacial score (nSPS) is 12.3. The minimum Gasteiger partial charge on any atom is -0.744 e. The summed E-state index contributed by atoms with van der Waals surface area (Å²) in [7, 11) is -7.97. The quantitative estimate of drug-likeness (QED) is 0.452. The Hall–Kier alpha value is -0.433. The third-order valence-electron chi connectivity index (χ3n) is 1.95. The first-order valence-corrected chi connectivity index (χ1v) is 8.36. The maximum absolute atomic E-state index is 11.3. The number of fused-ring (bicyclic) bond motifs is 1. The van der Waals surface area contributed by atoms with E-state index in [0.717, 1.165) is 29.7 Å². The number of thiazole rings is 1. The van der Waals surface area contributed by atoms with Crippen LogP contribution in [0.25, 0.3) is 10.2 Å². The minimum atomic E-state index is -4.54. The van der Waals surface area contributed by atoms with E-state index >= 15 is 0 Å². The van der Waals surface area contributed by atoms with Crippen LogP contribution in [0.3, 0.4) is 0 Å². The van der Waals surface area contributed by atoms with Crippen molar-refractivity contribution < 1.29 is 40.2 Å². The van der Waals surface area contributed by atoms with Crippen LogP contribution < -0.4 is 18.9 Å². The fraction of sp³-hybridized carbons (Fsp3) is 0.125. The van der Waals surface area contributed by atoms with Gasteiger partial charge in [0.15, 0.2) is 0 Å². The van der Waals surface area contributed by atoms with E-state index in [1.165, 1.54) is 6.07 Å². The third kappa shape index (κ3) is 3.11. The van der Waals surface area contributed by atoms with Crippen molar-refractivity contribution in [1.82, 2.24) is 4.98 Å². The zero-order valence-electron chi connectivity index (χ0n) is 9.45. The second-order valence-electron chi connectivity index (χ2n) is 3.34. The summed E-state index contributed by atoms with van der Waals surface area (Å²) in [5.41, 5.74) is 0.350. The summed E-state index contributed by atoms with van der Waals surface area (Å²) in [6.07, 6.45) is 1.01. The maximum atomic E-state index is 11.3. The van der Waals surface area contributed by atoms with Crippen molar-refractivity contribution in [1.29, 1.82) is 0 Å². The zero-order valence-corrected chi connectivity index (χ0v) is 11.9. The van der Waals surface area contributed by atoms with Crippen LogP contribution >= 0.6 is 11.3 Å². The van der Waals surface area contributed by atoms with Gasteiger partial charge < -0.3 is 4.55 Å². The Labute approximate surface area is 120 Å². The van der Waals surface area contributed by atoms with E-state index in [0.29, 0.717) is 10.2 Å². The molecule has 1 aromatic carbocycles. The average molecular weight is 299 g/mol. The molecule has 0 saturated heterocycles. The Morgan fingerprint density at radius 3 is 2.33 bits per heavy atom. The number of rotatable bonds is 2. The molecule has 0 aliphatic carbocycles. The van der Waals surface area contributed by atoms with Crippen LogP contribution in [-0.2, 0) is 20.0 Å². The molecule has 0 N–H and O–H groups in total. The number of benzene rings is 1. The molecule has 0 amide bonds. The van der Waals surface area contributed by atoms with Crippen LogP contribution in [0, 0.1) is 0 Å². The molecule has 0 aliphatic heterocycles.